The number of amides is 6. The van der Waals surface area contributed by atoms with Gasteiger partial charge in [-0.1, -0.05) is 0 Å². The summed E-state index contributed by atoms with van der Waals surface area (Å²) in [4.78, 5) is 100. The van der Waals surface area contributed by atoms with Crippen LogP contribution in [0.3, 0.4) is 0 Å². The number of ether oxygens (including phenoxy) is 8. The van der Waals surface area contributed by atoms with Crippen molar-refractivity contribution < 1.29 is 84.8 Å². The lowest BCUT2D eigenvalue weighted by molar-refractivity contribution is -0.0371. The summed E-state index contributed by atoms with van der Waals surface area (Å²) < 4.78 is 71.4. The minimum absolute atomic E-state index is 0.0695. The minimum Gasteiger partial charge on any atom is -0.470 e. The highest BCUT2D eigenvalue weighted by Crippen LogP contribution is 2.39. The summed E-state index contributed by atoms with van der Waals surface area (Å²) in [6.07, 6.45) is 0.0462. The van der Waals surface area contributed by atoms with Gasteiger partial charge in [0.05, 0.1) is 40.1 Å². The van der Waals surface area contributed by atoms with Gasteiger partial charge in [-0.15, -0.1) is 10.0 Å². The second kappa shape index (κ2) is 29.4. The molecule has 32 heteroatoms. The number of aryl methyl sites for hydroxylation is 2. The number of nitrogens with zero attached hydrogens (tertiary/aromatic N) is 12. The van der Waals surface area contributed by atoms with Gasteiger partial charge >= 0.3 is 43.7 Å². The van der Waals surface area contributed by atoms with Crippen molar-refractivity contribution in [3.05, 3.63) is 53.5 Å². The molecule has 2 atom stereocenters. The molecule has 6 aromatic rings. The van der Waals surface area contributed by atoms with Crippen molar-refractivity contribution in [2.24, 2.45) is 0 Å². The zero-order valence-electron chi connectivity index (χ0n) is 60.9. The fourth-order valence-electron chi connectivity index (χ4n) is 9.41. The summed E-state index contributed by atoms with van der Waals surface area (Å²) in [6.45, 7) is 42.2. The minimum atomic E-state index is -1.20. The number of fused-ring (bicyclic) bond motifs is 2. The molecule has 6 amide bonds. The number of imide groups is 2. The first kappa shape index (κ1) is 77.2. The van der Waals surface area contributed by atoms with E-state index in [-0.39, 0.29) is 68.9 Å². The van der Waals surface area contributed by atoms with Crippen LogP contribution in [0.15, 0.2) is 45.5 Å². The summed E-state index contributed by atoms with van der Waals surface area (Å²) >= 11 is 6.32. The van der Waals surface area contributed by atoms with Gasteiger partial charge in [0.15, 0.2) is 47.0 Å². The fraction of sp³-hybridized carbons (Fsp3) is 0.636. The summed E-state index contributed by atoms with van der Waals surface area (Å²) in [5, 5.41) is 11.3. The van der Waals surface area contributed by atoms with Crippen LogP contribution in [0.1, 0.15) is 215 Å². The van der Waals surface area contributed by atoms with Crippen molar-refractivity contribution in [2.75, 3.05) is 23.2 Å². The third-order valence-corrected chi connectivity index (χ3v) is 14.3. The van der Waals surface area contributed by atoms with Gasteiger partial charge in [0, 0.05) is 13.2 Å². The summed E-state index contributed by atoms with van der Waals surface area (Å²) in [7, 11) is -0.385. The van der Waals surface area contributed by atoms with Gasteiger partial charge in [0.25, 0.3) is 0 Å². The Kier molecular flexibility index (Phi) is 23.1. The zero-order chi connectivity index (χ0) is 73.2. The molecule has 98 heavy (non-hydrogen) atoms. The van der Waals surface area contributed by atoms with E-state index in [1.807, 2.05) is 46.8 Å². The number of hydrogen-bond donors (Lipinski definition) is 0. The average Bonchev–Trinajstić information content (AvgIpc) is 1.50. The maximum Gasteiger partial charge on any atom is 0.532 e. The summed E-state index contributed by atoms with van der Waals surface area (Å²) in [5.41, 5.74) is -5.54. The van der Waals surface area contributed by atoms with Crippen molar-refractivity contribution in [1.29, 1.82) is 0 Å². The number of anilines is 2. The smallest absolute Gasteiger partial charge is 0.470 e. The zero-order valence-corrected chi connectivity index (χ0v) is 61.7. The van der Waals surface area contributed by atoms with E-state index in [0.717, 1.165) is 37.1 Å². The Morgan fingerprint density at radius 3 is 1.18 bits per heavy atom. The molecule has 9 rings (SSSR count). The van der Waals surface area contributed by atoms with E-state index in [4.69, 9.17) is 72.6 Å². The Hall–Kier alpha value is -8.13. The van der Waals surface area contributed by atoms with Crippen LogP contribution in [0.25, 0.3) is 33.7 Å². The number of hydrazine groups is 2. The van der Waals surface area contributed by atoms with E-state index >= 15 is 0 Å². The Morgan fingerprint density at radius 1 is 0.490 bits per heavy atom. The van der Waals surface area contributed by atoms with Crippen LogP contribution in [0.2, 0.25) is 5.28 Å². The maximum atomic E-state index is 14.1. The number of carbonyl (C=O) groups excluding carboxylic acids is 6. The van der Waals surface area contributed by atoms with E-state index in [9.17, 15) is 28.8 Å². The van der Waals surface area contributed by atoms with Gasteiger partial charge < -0.3 is 56.0 Å². The van der Waals surface area contributed by atoms with Crippen LogP contribution in [0.4, 0.5) is 40.4 Å². The standard InChI is InChI=1S/C30H42N6O8.C25H37ClN6O7.C11H17BO3/c1-18-14-15-20(41-18)22-32-23-19(17-31-34(23)21-13-11-12-16-40-21)24(33-22)35(25(37)42-28(2,3)4)36(26(38)43-29(5,6)7)27(39)44-30(8,9)10;1-23(2,3)37-20(33)31(32(21(34)38-24(4,5)6)22(35)39-25(7,8)9)18-15-14-27-30(16-12-10-11-13-36-16)17(15)28-19(26)29-18;1-8-6-7-9(13-8)12-14-10(2,3)11(4,5)15-12/h14-15,17,21H,11-13,16H2,1-10H3;14,16H,10-13H2,1-9H3;6-7H,1-5H3. The molecule has 0 spiro atoms. The van der Waals surface area contributed by atoms with Gasteiger partial charge in [-0.3, -0.25) is 0 Å². The lowest BCUT2D eigenvalue weighted by Gasteiger charge is -2.35. The molecular weight excluding hydrogens is 1300 g/mol. The van der Waals surface area contributed by atoms with E-state index in [1.54, 1.807) is 148 Å². The van der Waals surface area contributed by atoms with Crippen LogP contribution in [-0.2, 0) is 47.2 Å². The molecule has 0 radical (unpaired) electrons. The molecule has 0 aliphatic carbocycles. The monoisotopic (exact) mass is 1390 g/mol. The molecule has 9 heterocycles. The molecular formula is C66H96BClN12O18. The number of halogens is 1. The number of aromatic nitrogens is 8. The van der Waals surface area contributed by atoms with E-state index in [0.29, 0.717) is 51.9 Å². The third-order valence-electron chi connectivity index (χ3n) is 14.1. The van der Waals surface area contributed by atoms with Crippen LogP contribution in [0, 0.1) is 13.8 Å². The first-order valence-corrected chi connectivity index (χ1v) is 32.8. The number of carbonyl (C=O) groups is 6. The van der Waals surface area contributed by atoms with Gasteiger partial charge in [0.2, 0.25) is 5.28 Å². The summed E-state index contributed by atoms with van der Waals surface area (Å²) in [6, 6.07) is 7.23. The molecule has 6 aromatic heterocycles. The molecule has 2 unspecified atom stereocenters. The predicted octanol–water partition coefficient (Wildman–Crippen LogP) is 14.8. The van der Waals surface area contributed by atoms with Crippen LogP contribution in [-0.4, -0.2) is 151 Å². The highest BCUT2D eigenvalue weighted by molar-refractivity contribution is 6.60. The van der Waals surface area contributed by atoms with Crippen molar-refractivity contribution in [3.8, 4) is 11.6 Å². The Bertz CT molecular complexity index is 3760. The first-order chi connectivity index (χ1) is 45.0. The van der Waals surface area contributed by atoms with Crippen LogP contribution in [0.5, 0.6) is 0 Å². The van der Waals surface area contributed by atoms with E-state index in [1.165, 1.54) is 17.1 Å². The average molecular weight is 1390 g/mol. The summed E-state index contributed by atoms with van der Waals surface area (Å²) in [5.74, 6) is 1.40. The normalized spacial score (nSPS) is 17.3. The second-order valence-electron chi connectivity index (χ2n) is 30.6. The van der Waals surface area contributed by atoms with Crippen molar-refractivity contribution >= 4 is 94.6 Å². The van der Waals surface area contributed by atoms with Crippen molar-refractivity contribution in [2.45, 2.75) is 262 Å². The second-order valence-corrected chi connectivity index (χ2v) is 30.9. The van der Waals surface area contributed by atoms with Crippen molar-refractivity contribution in [1.82, 2.24) is 49.5 Å². The molecule has 538 valence electrons. The number of rotatable bonds is 6. The SMILES string of the molecule is CC(C)(C)OC(=O)N(C(=O)OC(C)(C)C)N(C(=O)OC(C)(C)C)c1nc(Cl)nc2c1cnn2C1CCCCO1.Cc1ccc(-c2nc(N(C(=O)OC(C)(C)C)N(C(=O)OC(C)(C)C)C(=O)OC(C)(C)C)c3cnn(C4CCCCO4)c3n2)o1.Cc1ccc(B2OC(C)(C)C(C)(C)O2)o1. The molecule has 30 nitrogen and oxygen atoms in total. The van der Waals surface area contributed by atoms with Gasteiger partial charge in [-0.2, -0.15) is 30.2 Å². The number of hydrogen-bond acceptors (Lipinski definition) is 24. The van der Waals surface area contributed by atoms with Crippen LogP contribution >= 0.6 is 11.6 Å². The third kappa shape index (κ3) is 20.3. The molecule has 0 N–H and O–H groups in total. The van der Waals surface area contributed by atoms with E-state index in [2.05, 4.69) is 25.1 Å². The first-order valence-electron chi connectivity index (χ1n) is 32.5. The predicted molar refractivity (Wildman–Crippen MR) is 361 cm³/mol. The largest absolute Gasteiger partial charge is 0.532 e. The fourth-order valence-corrected chi connectivity index (χ4v) is 9.57. The highest BCUT2D eigenvalue weighted by atomic mass is 35.5. The van der Waals surface area contributed by atoms with Gasteiger partial charge in [-0.25, -0.2) is 48.1 Å². The topological polar surface area (TPSA) is 321 Å². The molecule has 3 aliphatic rings. The molecule has 3 fully saturated rings. The van der Waals surface area contributed by atoms with E-state index < -0.39 is 82.6 Å². The van der Waals surface area contributed by atoms with Gasteiger partial charge in [-0.05, 0) is 241 Å². The van der Waals surface area contributed by atoms with Crippen molar-refractivity contribution in [3.63, 3.8) is 0 Å². The quantitative estimate of drug-likeness (QED) is 0.0647. The Balaban J connectivity index is 0.000000229. The Labute approximate surface area is 576 Å². The Morgan fingerprint density at radius 2 is 0.847 bits per heavy atom. The maximum absolute atomic E-state index is 14.1. The van der Waals surface area contributed by atoms with Gasteiger partial charge in [0.1, 0.15) is 45.0 Å². The molecule has 0 saturated carbocycles. The molecule has 0 bridgehead atoms. The lowest BCUT2D eigenvalue weighted by Crippen LogP contribution is -2.57. The molecule has 0 aromatic carbocycles. The van der Waals surface area contributed by atoms with Crippen LogP contribution < -0.4 is 15.7 Å². The molecule has 3 aliphatic heterocycles. The lowest BCUT2D eigenvalue weighted by atomic mass is 9.86. The number of furan rings is 2. The highest BCUT2D eigenvalue weighted by Gasteiger charge is 2.53. The molecule has 3 saturated heterocycles.